The molecule has 0 aliphatic carbocycles. The lowest BCUT2D eigenvalue weighted by Gasteiger charge is -2.33. The van der Waals surface area contributed by atoms with E-state index in [1.165, 1.54) is 11.1 Å². The molecule has 0 radical (unpaired) electrons. The van der Waals surface area contributed by atoms with Crippen LogP contribution in [0.1, 0.15) is 42.9 Å². The van der Waals surface area contributed by atoms with Crippen LogP contribution in [0.5, 0.6) is 0 Å². The van der Waals surface area contributed by atoms with Crippen molar-refractivity contribution in [1.82, 2.24) is 4.90 Å². The lowest BCUT2D eigenvalue weighted by atomic mass is 9.97. The quantitative estimate of drug-likeness (QED) is 0.929. The van der Waals surface area contributed by atoms with Crippen LogP contribution in [0.15, 0.2) is 24.3 Å². The van der Waals surface area contributed by atoms with E-state index < -0.39 is 5.97 Å². The van der Waals surface area contributed by atoms with Gasteiger partial charge in [0.2, 0.25) is 0 Å². The van der Waals surface area contributed by atoms with Gasteiger partial charge in [-0.2, -0.15) is 0 Å². The maximum absolute atomic E-state index is 11.5. The summed E-state index contributed by atoms with van der Waals surface area (Å²) in [6, 6.07) is 8.02. The SMILES string of the molecule is O=C(O)C1CCCCCN1CC1OCCc2ccccc21. The van der Waals surface area contributed by atoms with Crippen LogP contribution in [0.25, 0.3) is 0 Å². The second-order valence-electron chi connectivity index (χ2n) is 6.01. The van der Waals surface area contributed by atoms with Gasteiger partial charge in [-0.25, -0.2) is 0 Å². The van der Waals surface area contributed by atoms with Crippen molar-refractivity contribution in [3.8, 4) is 0 Å². The molecule has 1 N–H and O–H groups in total. The minimum atomic E-state index is -0.694. The van der Waals surface area contributed by atoms with E-state index in [0.717, 1.165) is 45.3 Å². The van der Waals surface area contributed by atoms with Gasteiger partial charge >= 0.3 is 5.97 Å². The predicted molar refractivity (Wildman–Crippen MR) is 80.3 cm³/mol. The highest BCUT2D eigenvalue weighted by atomic mass is 16.5. The molecule has 114 valence electrons. The van der Waals surface area contributed by atoms with Crippen molar-refractivity contribution < 1.29 is 14.6 Å². The Hall–Kier alpha value is -1.39. The number of rotatable bonds is 3. The number of fused-ring (bicyclic) bond motifs is 1. The maximum atomic E-state index is 11.5. The summed E-state index contributed by atoms with van der Waals surface area (Å²) < 4.78 is 5.94. The molecule has 4 heteroatoms. The molecule has 0 amide bonds. The lowest BCUT2D eigenvalue weighted by molar-refractivity contribution is -0.144. The number of carboxylic acids is 1. The number of carbonyl (C=O) groups is 1. The van der Waals surface area contributed by atoms with Gasteiger partial charge in [0.15, 0.2) is 0 Å². The summed E-state index contributed by atoms with van der Waals surface area (Å²) in [4.78, 5) is 13.6. The van der Waals surface area contributed by atoms with E-state index in [1.807, 2.05) is 6.07 Å². The maximum Gasteiger partial charge on any atom is 0.320 e. The van der Waals surface area contributed by atoms with Crippen LogP contribution in [0.4, 0.5) is 0 Å². The molecule has 1 aromatic rings. The van der Waals surface area contributed by atoms with Crippen molar-refractivity contribution in [2.45, 2.75) is 44.2 Å². The number of likely N-dealkylation sites (tertiary alicyclic amines) is 1. The number of ether oxygens (including phenoxy) is 1. The number of carboxylic acid groups (broad SMARTS) is 1. The van der Waals surface area contributed by atoms with Crippen LogP contribution in [0, 0.1) is 0 Å². The molecule has 3 rings (SSSR count). The summed E-state index contributed by atoms with van der Waals surface area (Å²) in [6.07, 6.45) is 4.93. The highest BCUT2D eigenvalue weighted by molar-refractivity contribution is 5.73. The van der Waals surface area contributed by atoms with Gasteiger partial charge in [0, 0.05) is 6.54 Å². The van der Waals surface area contributed by atoms with Crippen molar-refractivity contribution in [2.75, 3.05) is 19.7 Å². The van der Waals surface area contributed by atoms with Gasteiger partial charge in [0.25, 0.3) is 0 Å². The molecule has 4 nitrogen and oxygen atoms in total. The number of benzene rings is 1. The summed E-state index contributed by atoms with van der Waals surface area (Å²) in [5, 5.41) is 9.48. The molecule has 1 fully saturated rings. The van der Waals surface area contributed by atoms with E-state index in [0.29, 0.717) is 6.54 Å². The van der Waals surface area contributed by atoms with Gasteiger partial charge in [-0.05, 0) is 36.9 Å². The zero-order valence-electron chi connectivity index (χ0n) is 12.3. The lowest BCUT2D eigenvalue weighted by Crippen LogP contribution is -2.43. The number of aliphatic carboxylic acids is 1. The Morgan fingerprint density at radius 1 is 1.29 bits per heavy atom. The molecule has 2 atom stereocenters. The Kier molecular flexibility index (Phi) is 4.56. The van der Waals surface area contributed by atoms with Crippen molar-refractivity contribution in [3.05, 3.63) is 35.4 Å². The zero-order chi connectivity index (χ0) is 14.7. The number of hydrogen-bond acceptors (Lipinski definition) is 3. The minimum absolute atomic E-state index is 0.00917. The van der Waals surface area contributed by atoms with Crippen LogP contribution in [-0.2, 0) is 16.0 Å². The molecule has 1 aromatic carbocycles. The van der Waals surface area contributed by atoms with E-state index in [1.54, 1.807) is 0 Å². The smallest absolute Gasteiger partial charge is 0.320 e. The summed E-state index contributed by atoms with van der Waals surface area (Å²) in [5.41, 5.74) is 2.58. The van der Waals surface area contributed by atoms with E-state index in [4.69, 9.17) is 4.74 Å². The van der Waals surface area contributed by atoms with Gasteiger partial charge in [0.1, 0.15) is 6.04 Å². The summed E-state index contributed by atoms with van der Waals surface area (Å²) in [7, 11) is 0. The second kappa shape index (κ2) is 6.58. The standard InChI is InChI=1S/C17H23NO3/c19-17(20)15-8-2-1-5-10-18(15)12-16-14-7-4-3-6-13(14)9-11-21-16/h3-4,6-7,15-16H,1-2,5,8-12H2,(H,19,20). The fourth-order valence-corrected chi connectivity index (χ4v) is 3.51. The Labute approximate surface area is 125 Å². The van der Waals surface area contributed by atoms with Gasteiger partial charge in [-0.15, -0.1) is 0 Å². The highest BCUT2D eigenvalue weighted by Gasteiger charge is 2.31. The van der Waals surface area contributed by atoms with Crippen LogP contribution in [-0.4, -0.2) is 41.7 Å². The average molecular weight is 289 g/mol. The fraction of sp³-hybridized carbons (Fsp3) is 0.588. The third-order valence-corrected chi connectivity index (χ3v) is 4.64. The van der Waals surface area contributed by atoms with Crippen LogP contribution >= 0.6 is 0 Å². The predicted octanol–water partition coefficient (Wildman–Crippen LogP) is 2.63. The minimum Gasteiger partial charge on any atom is -0.480 e. The molecule has 21 heavy (non-hydrogen) atoms. The number of nitrogens with zero attached hydrogens (tertiary/aromatic N) is 1. The average Bonchev–Trinajstić information content (AvgIpc) is 2.73. The third kappa shape index (κ3) is 3.27. The van der Waals surface area contributed by atoms with Crippen LogP contribution in [0.3, 0.4) is 0 Å². The van der Waals surface area contributed by atoms with Crippen LogP contribution < -0.4 is 0 Å². The molecule has 1 saturated heterocycles. The Morgan fingerprint density at radius 3 is 3.00 bits per heavy atom. The molecular weight excluding hydrogens is 266 g/mol. The zero-order valence-corrected chi connectivity index (χ0v) is 12.3. The van der Waals surface area contributed by atoms with E-state index in [-0.39, 0.29) is 12.1 Å². The van der Waals surface area contributed by atoms with Crippen LogP contribution in [0.2, 0.25) is 0 Å². The molecule has 0 saturated carbocycles. The molecule has 2 unspecified atom stereocenters. The molecule has 2 heterocycles. The summed E-state index contributed by atoms with van der Waals surface area (Å²) in [6.45, 7) is 2.28. The fourth-order valence-electron chi connectivity index (χ4n) is 3.51. The third-order valence-electron chi connectivity index (χ3n) is 4.64. The molecule has 2 aliphatic heterocycles. The van der Waals surface area contributed by atoms with Gasteiger partial charge in [0.05, 0.1) is 12.7 Å². The van der Waals surface area contributed by atoms with E-state index in [9.17, 15) is 9.90 Å². The Morgan fingerprint density at radius 2 is 2.14 bits per heavy atom. The van der Waals surface area contributed by atoms with Gasteiger partial charge < -0.3 is 9.84 Å². The van der Waals surface area contributed by atoms with E-state index >= 15 is 0 Å². The Bertz CT molecular complexity index is 503. The van der Waals surface area contributed by atoms with Gasteiger partial charge in [-0.1, -0.05) is 37.1 Å². The van der Waals surface area contributed by atoms with Crippen molar-refractivity contribution >= 4 is 5.97 Å². The molecule has 0 spiro atoms. The van der Waals surface area contributed by atoms with Crippen molar-refractivity contribution in [2.24, 2.45) is 0 Å². The molecule has 0 bridgehead atoms. The van der Waals surface area contributed by atoms with E-state index in [2.05, 4.69) is 23.1 Å². The van der Waals surface area contributed by atoms with Crippen molar-refractivity contribution in [1.29, 1.82) is 0 Å². The first-order valence-electron chi connectivity index (χ1n) is 7.92. The molecule has 0 aromatic heterocycles. The topological polar surface area (TPSA) is 49.8 Å². The van der Waals surface area contributed by atoms with Gasteiger partial charge in [-0.3, -0.25) is 9.69 Å². The Balaban J connectivity index is 1.77. The molecule has 2 aliphatic rings. The first-order chi connectivity index (χ1) is 10.3. The monoisotopic (exact) mass is 289 g/mol. The van der Waals surface area contributed by atoms with Crippen molar-refractivity contribution in [3.63, 3.8) is 0 Å². The highest BCUT2D eigenvalue weighted by Crippen LogP contribution is 2.29. The largest absolute Gasteiger partial charge is 0.480 e. The summed E-state index contributed by atoms with van der Waals surface area (Å²) in [5.74, 6) is -0.694. The molecular formula is C17H23NO3. The first kappa shape index (κ1) is 14.5. The summed E-state index contributed by atoms with van der Waals surface area (Å²) >= 11 is 0. The first-order valence-corrected chi connectivity index (χ1v) is 7.92. The normalized spacial score (nSPS) is 26.9. The second-order valence-corrected chi connectivity index (χ2v) is 6.01. The number of hydrogen-bond donors (Lipinski definition) is 1.